The van der Waals surface area contributed by atoms with Gasteiger partial charge in [0.05, 0.1) is 6.61 Å². The minimum Gasteiger partial charge on any atom is -0.466 e. The molecule has 0 saturated carbocycles. The molecule has 0 aromatic carbocycles. The van der Waals surface area contributed by atoms with Crippen molar-refractivity contribution in [2.75, 3.05) is 6.61 Å². The zero-order valence-corrected chi connectivity index (χ0v) is 7.13. The van der Waals surface area contributed by atoms with Gasteiger partial charge in [0.15, 0.2) is 5.78 Å². The monoisotopic (exact) mass is 168 g/mol. The van der Waals surface area contributed by atoms with Crippen LogP contribution in [0.25, 0.3) is 0 Å². The van der Waals surface area contributed by atoms with Gasteiger partial charge >= 0.3 is 5.97 Å². The van der Waals surface area contributed by atoms with Crippen molar-refractivity contribution < 1.29 is 14.3 Å². The van der Waals surface area contributed by atoms with Crippen molar-refractivity contribution in [1.82, 2.24) is 0 Å². The third kappa shape index (κ3) is 2.49. The topological polar surface area (TPSA) is 43.4 Å². The second-order valence-corrected chi connectivity index (χ2v) is 2.78. The van der Waals surface area contributed by atoms with E-state index in [1.165, 1.54) is 6.92 Å². The quantitative estimate of drug-likeness (QED) is 0.595. The number of carbonyl (C=O) groups is 2. The highest BCUT2D eigenvalue weighted by molar-refractivity contribution is 5.97. The fraction of sp³-hybridized carbons (Fsp3) is 0.556. The van der Waals surface area contributed by atoms with Crippen LogP contribution in [0.15, 0.2) is 11.6 Å². The van der Waals surface area contributed by atoms with Gasteiger partial charge in [0, 0.05) is 19.8 Å². The number of Topliss-reactive ketones (excluding diaryl/α,β-unsaturated/α-hetero) is 1. The number of esters is 1. The number of hydrogen-bond acceptors (Lipinski definition) is 3. The van der Waals surface area contributed by atoms with Crippen LogP contribution < -0.4 is 0 Å². The van der Waals surface area contributed by atoms with Gasteiger partial charge in [0.25, 0.3) is 0 Å². The standard InChI is InChI=1S/C9H12O3/c1-7(10)12-6-5-8-3-2-4-9(8)11/h3H,2,4-6H2,1H3. The molecule has 0 aromatic heterocycles. The van der Waals surface area contributed by atoms with E-state index in [1.54, 1.807) is 0 Å². The molecular formula is C9H12O3. The van der Waals surface area contributed by atoms with E-state index in [1.807, 2.05) is 6.08 Å². The summed E-state index contributed by atoms with van der Waals surface area (Å²) >= 11 is 0. The van der Waals surface area contributed by atoms with Crippen molar-refractivity contribution in [1.29, 1.82) is 0 Å². The Bertz CT molecular complexity index is 228. The average molecular weight is 168 g/mol. The third-order valence-electron chi connectivity index (χ3n) is 1.80. The second-order valence-electron chi connectivity index (χ2n) is 2.78. The summed E-state index contributed by atoms with van der Waals surface area (Å²) in [5, 5.41) is 0. The fourth-order valence-electron chi connectivity index (χ4n) is 1.20. The molecule has 0 fully saturated rings. The SMILES string of the molecule is CC(=O)OCCC1=CCCC1=O. The van der Waals surface area contributed by atoms with Crippen LogP contribution in [0.1, 0.15) is 26.2 Å². The van der Waals surface area contributed by atoms with E-state index < -0.39 is 0 Å². The summed E-state index contributed by atoms with van der Waals surface area (Å²) in [7, 11) is 0. The van der Waals surface area contributed by atoms with Crippen LogP contribution in [0.3, 0.4) is 0 Å². The molecule has 1 rings (SSSR count). The fourth-order valence-corrected chi connectivity index (χ4v) is 1.20. The summed E-state index contributed by atoms with van der Waals surface area (Å²) in [6.45, 7) is 1.69. The summed E-state index contributed by atoms with van der Waals surface area (Å²) in [4.78, 5) is 21.4. The third-order valence-corrected chi connectivity index (χ3v) is 1.80. The van der Waals surface area contributed by atoms with Gasteiger partial charge in [-0.2, -0.15) is 0 Å². The lowest BCUT2D eigenvalue weighted by atomic mass is 10.1. The van der Waals surface area contributed by atoms with Gasteiger partial charge in [-0.15, -0.1) is 0 Å². The first-order chi connectivity index (χ1) is 5.70. The minimum atomic E-state index is -0.291. The van der Waals surface area contributed by atoms with Gasteiger partial charge in [-0.3, -0.25) is 9.59 Å². The minimum absolute atomic E-state index is 0.196. The van der Waals surface area contributed by atoms with E-state index in [-0.39, 0.29) is 11.8 Å². The number of rotatable bonds is 3. The first-order valence-electron chi connectivity index (χ1n) is 4.06. The lowest BCUT2D eigenvalue weighted by molar-refractivity contribution is -0.141. The van der Waals surface area contributed by atoms with Crippen molar-refractivity contribution in [2.45, 2.75) is 26.2 Å². The maximum atomic E-state index is 11.0. The first kappa shape index (κ1) is 8.97. The predicted molar refractivity (Wildman–Crippen MR) is 43.6 cm³/mol. The molecule has 0 bridgehead atoms. The van der Waals surface area contributed by atoms with Crippen molar-refractivity contribution in [3.8, 4) is 0 Å². The first-order valence-corrected chi connectivity index (χ1v) is 4.06. The molecular weight excluding hydrogens is 156 g/mol. The maximum absolute atomic E-state index is 11.0. The number of ether oxygens (including phenoxy) is 1. The molecule has 0 saturated heterocycles. The lowest BCUT2D eigenvalue weighted by Gasteiger charge is -2.00. The maximum Gasteiger partial charge on any atom is 0.302 e. The van der Waals surface area contributed by atoms with Crippen LogP contribution in [0.2, 0.25) is 0 Å². The highest BCUT2D eigenvalue weighted by atomic mass is 16.5. The molecule has 1 aliphatic carbocycles. The molecule has 12 heavy (non-hydrogen) atoms. The van der Waals surface area contributed by atoms with Gasteiger partial charge in [-0.05, 0) is 12.0 Å². The smallest absolute Gasteiger partial charge is 0.302 e. The van der Waals surface area contributed by atoms with Crippen LogP contribution in [0, 0.1) is 0 Å². The zero-order chi connectivity index (χ0) is 8.97. The largest absolute Gasteiger partial charge is 0.466 e. The van der Waals surface area contributed by atoms with E-state index in [0.29, 0.717) is 19.4 Å². The van der Waals surface area contributed by atoms with E-state index in [0.717, 1.165) is 12.0 Å². The number of carbonyl (C=O) groups excluding carboxylic acids is 2. The molecule has 0 radical (unpaired) electrons. The van der Waals surface area contributed by atoms with Gasteiger partial charge in [0.1, 0.15) is 0 Å². The average Bonchev–Trinajstić information content (AvgIpc) is 2.36. The second kappa shape index (κ2) is 4.04. The Kier molecular flexibility index (Phi) is 3.02. The highest BCUT2D eigenvalue weighted by Gasteiger charge is 2.14. The molecule has 0 atom stereocenters. The molecule has 0 aliphatic heterocycles. The van der Waals surface area contributed by atoms with E-state index in [4.69, 9.17) is 4.74 Å². The Hall–Kier alpha value is -1.12. The number of allylic oxidation sites excluding steroid dienone is 1. The molecule has 0 unspecified atom stereocenters. The summed E-state index contributed by atoms with van der Waals surface area (Å²) in [5.41, 5.74) is 0.816. The Morgan fingerprint density at radius 3 is 2.92 bits per heavy atom. The van der Waals surface area contributed by atoms with E-state index in [2.05, 4.69) is 0 Å². The molecule has 0 aromatic rings. The van der Waals surface area contributed by atoms with Crippen LogP contribution in [0.5, 0.6) is 0 Å². The van der Waals surface area contributed by atoms with E-state index in [9.17, 15) is 9.59 Å². The summed E-state index contributed by atoms with van der Waals surface area (Å²) in [5.74, 6) is -0.0943. The van der Waals surface area contributed by atoms with Gasteiger partial charge in [0.2, 0.25) is 0 Å². The Balaban J connectivity index is 2.23. The molecule has 0 spiro atoms. The van der Waals surface area contributed by atoms with Crippen LogP contribution >= 0.6 is 0 Å². The van der Waals surface area contributed by atoms with Crippen molar-refractivity contribution in [3.05, 3.63) is 11.6 Å². The predicted octanol–water partition coefficient (Wildman–Crippen LogP) is 1.23. The van der Waals surface area contributed by atoms with Crippen LogP contribution in [-0.4, -0.2) is 18.4 Å². The molecule has 0 heterocycles. The van der Waals surface area contributed by atoms with Gasteiger partial charge < -0.3 is 4.74 Å². The lowest BCUT2D eigenvalue weighted by Crippen LogP contribution is -2.04. The molecule has 0 N–H and O–H groups in total. The Morgan fingerprint density at radius 2 is 2.42 bits per heavy atom. The summed E-state index contributed by atoms with van der Waals surface area (Å²) < 4.78 is 4.72. The molecule has 0 amide bonds. The molecule has 3 nitrogen and oxygen atoms in total. The van der Waals surface area contributed by atoms with Crippen molar-refractivity contribution in [2.24, 2.45) is 0 Å². The van der Waals surface area contributed by atoms with Gasteiger partial charge in [-0.25, -0.2) is 0 Å². The van der Waals surface area contributed by atoms with Crippen LogP contribution in [-0.2, 0) is 14.3 Å². The zero-order valence-electron chi connectivity index (χ0n) is 7.13. The molecule has 1 aliphatic rings. The Labute approximate surface area is 71.4 Å². The van der Waals surface area contributed by atoms with Gasteiger partial charge in [-0.1, -0.05) is 6.08 Å². The molecule has 3 heteroatoms. The number of hydrogen-bond donors (Lipinski definition) is 0. The molecule has 66 valence electrons. The summed E-state index contributed by atoms with van der Waals surface area (Å²) in [6, 6.07) is 0. The summed E-state index contributed by atoms with van der Waals surface area (Å²) in [6.07, 6.45) is 3.95. The van der Waals surface area contributed by atoms with Crippen molar-refractivity contribution >= 4 is 11.8 Å². The van der Waals surface area contributed by atoms with Crippen molar-refractivity contribution in [3.63, 3.8) is 0 Å². The highest BCUT2D eigenvalue weighted by Crippen LogP contribution is 2.16. The van der Waals surface area contributed by atoms with E-state index >= 15 is 0 Å². The normalized spacial score (nSPS) is 16.1. The number of ketones is 1. The Morgan fingerprint density at radius 1 is 1.67 bits per heavy atom. The van der Waals surface area contributed by atoms with Crippen LogP contribution in [0.4, 0.5) is 0 Å².